The Bertz CT molecular complexity index is 715. The van der Waals surface area contributed by atoms with Gasteiger partial charge in [0.25, 0.3) is 0 Å². The number of rotatable bonds is 4. The van der Waals surface area contributed by atoms with Crippen LogP contribution >= 0.6 is 11.5 Å². The first-order valence-corrected chi connectivity index (χ1v) is 9.38. The SMILES string of the molecule is Cc1ccc(Cc2nsc(N3CCN(C(=O)C4CC4)CC3)n2)cc1. The van der Waals surface area contributed by atoms with Crippen LogP contribution in [0, 0.1) is 12.8 Å². The Hall–Kier alpha value is -1.95. The molecule has 6 heteroatoms. The number of nitrogens with zero attached hydrogens (tertiary/aromatic N) is 4. The van der Waals surface area contributed by atoms with Gasteiger partial charge >= 0.3 is 0 Å². The fourth-order valence-electron chi connectivity index (χ4n) is 3.04. The van der Waals surface area contributed by atoms with Crippen molar-refractivity contribution in [2.24, 2.45) is 5.92 Å². The first-order chi connectivity index (χ1) is 11.7. The molecule has 0 atom stereocenters. The summed E-state index contributed by atoms with van der Waals surface area (Å²) in [5, 5.41) is 0.982. The van der Waals surface area contributed by atoms with Gasteiger partial charge in [-0.3, -0.25) is 4.79 Å². The normalized spacial score (nSPS) is 18.0. The lowest BCUT2D eigenvalue weighted by atomic mass is 10.1. The number of benzene rings is 1. The van der Waals surface area contributed by atoms with Crippen LogP contribution in [-0.4, -0.2) is 46.3 Å². The number of piperazine rings is 1. The molecule has 2 heterocycles. The fraction of sp³-hybridized carbons (Fsp3) is 0.500. The van der Waals surface area contributed by atoms with Crippen LogP contribution in [0.25, 0.3) is 0 Å². The molecule has 1 aromatic carbocycles. The minimum Gasteiger partial charge on any atom is -0.343 e. The molecule has 1 saturated heterocycles. The van der Waals surface area contributed by atoms with Crippen LogP contribution in [0.15, 0.2) is 24.3 Å². The molecule has 0 N–H and O–H groups in total. The molecule has 1 amide bonds. The predicted octanol–water partition coefficient (Wildman–Crippen LogP) is 2.50. The quantitative estimate of drug-likeness (QED) is 0.857. The van der Waals surface area contributed by atoms with Crippen LogP contribution < -0.4 is 4.90 Å². The number of hydrogen-bond donors (Lipinski definition) is 0. The maximum atomic E-state index is 12.1. The zero-order chi connectivity index (χ0) is 16.5. The second-order valence-electron chi connectivity index (χ2n) is 6.74. The highest BCUT2D eigenvalue weighted by Gasteiger charge is 2.34. The molecule has 0 unspecified atom stereocenters. The Labute approximate surface area is 146 Å². The summed E-state index contributed by atoms with van der Waals surface area (Å²) in [4.78, 5) is 21.1. The third kappa shape index (κ3) is 3.43. The maximum absolute atomic E-state index is 12.1. The van der Waals surface area contributed by atoms with Gasteiger partial charge in [0, 0.05) is 50.1 Å². The zero-order valence-corrected chi connectivity index (χ0v) is 14.8. The van der Waals surface area contributed by atoms with Crippen LogP contribution in [-0.2, 0) is 11.2 Å². The summed E-state index contributed by atoms with van der Waals surface area (Å²) in [6.45, 7) is 5.43. The van der Waals surface area contributed by atoms with Crippen LogP contribution in [0.4, 0.5) is 5.13 Å². The van der Waals surface area contributed by atoms with Crippen molar-refractivity contribution in [2.75, 3.05) is 31.1 Å². The van der Waals surface area contributed by atoms with E-state index in [1.165, 1.54) is 22.7 Å². The molecule has 4 rings (SSSR count). The summed E-state index contributed by atoms with van der Waals surface area (Å²) in [5.74, 6) is 1.56. The molecular weight excluding hydrogens is 320 g/mol. The van der Waals surface area contributed by atoms with Crippen LogP contribution in [0.3, 0.4) is 0 Å². The van der Waals surface area contributed by atoms with E-state index >= 15 is 0 Å². The molecule has 126 valence electrons. The number of amides is 1. The second-order valence-corrected chi connectivity index (χ2v) is 7.47. The van der Waals surface area contributed by atoms with Crippen molar-refractivity contribution in [3.8, 4) is 0 Å². The Morgan fingerprint density at radius 2 is 1.88 bits per heavy atom. The van der Waals surface area contributed by atoms with Crippen molar-refractivity contribution in [3.05, 3.63) is 41.2 Å². The molecule has 2 fully saturated rings. The van der Waals surface area contributed by atoms with Gasteiger partial charge in [-0.1, -0.05) is 29.8 Å². The van der Waals surface area contributed by atoms with Gasteiger partial charge in [0.05, 0.1) is 0 Å². The molecule has 1 aliphatic heterocycles. The molecule has 0 bridgehead atoms. The van der Waals surface area contributed by atoms with E-state index in [-0.39, 0.29) is 0 Å². The van der Waals surface area contributed by atoms with E-state index in [1.807, 2.05) is 4.90 Å². The number of aromatic nitrogens is 2. The van der Waals surface area contributed by atoms with Gasteiger partial charge in [-0.15, -0.1) is 0 Å². The smallest absolute Gasteiger partial charge is 0.225 e. The number of anilines is 1. The monoisotopic (exact) mass is 342 g/mol. The molecule has 5 nitrogen and oxygen atoms in total. The number of carbonyl (C=O) groups is 1. The first-order valence-electron chi connectivity index (χ1n) is 8.61. The van der Waals surface area contributed by atoms with Crippen molar-refractivity contribution in [1.29, 1.82) is 0 Å². The van der Waals surface area contributed by atoms with E-state index in [2.05, 4.69) is 40.5 Å². The van der Waals surface area contributed by atoms with E-state index in [1.54, 1.807) is 0 Å². The third-order valence-corrected chi connectivity index (χ3v) is 5.54. The van der Waals surface area contributed by atoms with Crippen molar-refractivity contribution in [3.63, 3.8) is 0 Å². The molecule has 1 saturated carbocycles. The molecule has 0 spiro atoms. The van der Waals surface area contributed by atoms with E-state index in [0.717, 1.165) is 56.4 Å². The van der Waals surface area contributed by atoms with Crippen molar-refractivity contribution < 1.29 is 4.79 Å². The minimum absolute atomic E-state index is 0.319. The number of hydrogen-bond acceptors (Lipinski definition) is 5. The summed E-state index contributed by atoms with van der Waals surface area (Å²) in [6, 6.07) is 8.52. The molecular formula is C18H22N4OS. The maximum Gasteiger partial charge on any atom is 0.225 e. The lowest BCUT2D eigenvalue weighted by molar-refractivity contribution is -0.132. The molecule has 2 aliphatic rings. The van der Waals surface area contributed by atoms with Gasteiger partial charge in [-0.05, 0) is 25.3 Å². The van der Waals surface area contributed by atoms with Crippen LogP contribution in [0.5, 0.6) is 0 Å². The van der Waals surface area contributed by atoms with Gasteiger partial charge < -0.3 is 9.80 Å². The van der Waals surface area contributed by atoms with Crippen LogP contribution in [0.1, 0.15) is 29.8 Å². The highest BCUT2D eigenvalue weighted by atomic mass is 32.1. The largest absolute Gasteiger partial charge is 0.343 e. The van der Waals surface area contributed by atoms with Gasteiger partial charge in [-0.2, -0.15) is 4.37 Å². The zero-order valence-electron chi connectivity index (χ0n) is 13.9. The van der Waals surface area contributed by atoms with Gasteiger partial charge in [0.1, 0.15) is 5.82 Å². The van der Waals surface area contributed by atoms with Gasteiger partial charge in [-0.25, -0.2) is 4.98 Å². The third-order valence-electron chi connectivity index (χ3n) is 4.73. The lowest BCUT2D eigenvalue weighted by Crippen LogP contribution is -2.49. The summed E-state index contributed by atoms with van der Waals surface area (Å²) >= 11 is 1.47. The molecule has 1 aliphatic carbocycles. The Morgan fingerprint density at radius 1 is 1.17 bits per heavy atom. The lowest BCUT2D eigenvalue weighted by Gasteiger charge is -2.34. The topological polar surface area (TPSA) is 49.3 Å². The van der Waals surface area contributed by atoms with E-state index < -0.39 is 0 Å². The minimum atomic E-state index is 0.319. The molecule has 1 aromatic heterocycles. The average molecular weight is 342 g/mol. The fourth-order valence-corrected chi connectivity index (χ4v) is 3.78. The van der Waals surface area contributed by atoms with E-state index in [9.17, 15) is 4.79 Å². The van der Waals surface area contributed by atoms with Gasteiger partial charge in [0.15, 0.2) is 0 Å². The van der Waals surface area contributed by atoms with Crippen molar-refractivity contribution in [1.82, 2.24) is 14.3 Å². The Balaban J connectivity index is 1.35. The van der Waals surface area contributed by atoms with Crippen LogP contribution in [0.2, 0.25) is 0 Å². The van der Waals surface area contributed by atoms with Crippen molar-refractivity contribution in [2.45, 2.75) is 26.2 Å². The molecule has 0 radical (unpaired) electrons. The molecule has 2 aromatic rings. The van der Waals surface area contributed by atoms with E-state index in [4.69, 9.17) is 4.98 Å². The summed E-state index contributed by atoms with van der Waals surface area (Å²) in [5.41, 5.74) is 2.51. The van der Waals surface area contributed by atoms with E-state index in [0.29, 0.717) is 11.8 Å². The number of carbonyl (C=O) groups excluding carboxylic acids is 1. The Kier molecular flexibility index (Phi) is 4.22. The first kappa shape index (κ1) is 15.6. The summed E-state index contributed by atoms with van der Waals surface area (Å²) in [7, 11) is 0. The summed E-state index contributed by atoms with van der Waals surface area (Å²) < 4.78 is 4.51. The number of aryl methyl sites for hydroxylation is 1. The molecule has 24 heavy (non-hydrogen) atoms. The standard InChI is InChI=1S/C18H22N4OS/c1-13-2-4-14(5-3-13)12-16-19-18(24-20-16)22-10-8-21(9-11-22)17(23)15-6-7-15/h2-5,15H,6-12H2,1H3. The van der Waals surface area contributed by atoms with Gasteiger partial charge in [0.2, 0.25) is 11.0 Å². The highest BCUT2D eigenvalue weighted by Crippen LogP contribution is 2.31. The predicted molar refractivity (Wildman–Crippen MR) is 95.4 cm³/mol. The Morgan fingerprint density at radius 3 is 2.54 bits per heavy atom. The second kappa shape index (κ2) is 6.51. The average Bonchev–Trinajstić information content (AvgIpc) is 3.36. The van der Waals surface area contributed by atoms with Crippen molar-refractivity contribution >= 4 is 22.6 Å². The summed E-state index contributed by atoms with van der Waals surface area (Å²) in [6.07, 6.45) is 2.94. The highest BCUT2D eigenvalue weighted by molar-refractivity contribution is 7.09.